The molecule has 0 aromatic heterocycles. The molecule has 0 amide bonds. The molecule has 0 aromatic rings. The Balaban J connectivity index is 2.30. The van der Waals surface area contributed by atoms with Gasteiger partial charge < -0.3 is 10.4 Å². The van der Waals surface area contributed by atoms with E-state index in [2.05, 4.69) is 12.2 Å². The minimum Gasteiger partial charge on any atom is -0.481 e. The highest BCUT2D eigenvalue weighted by Crippen LogP contribution is 2.40. The van der Waals surface area contributed by atoms with Gasteiger partial charge >= 0.3 is 5.97 Å². The third kappa shape index (κ3) is 3.82. The van der Waals surface area contributed by atoms with Crippen molar-refractivity contribution in [1.29, 1.82) is 0 Å². The third-order valence-corrected chi connectivity index (χ3v) is 3.72. The molecule has 1 fully saturated rings. The number of rotatable bonds is 6. The van der Waals surface area contributed by atoms with Crippen LogP contribution in [0.1, 0.15) is 52.4 Å². The normalized spacial score (nSPS) is 21.5. The molecule has 1 unspecified atom stereocenters. The van der Waals surface area contributed by atoms with E-state index in [0.717, 1.165) is 6.54 Å². The highest BCUT2D eigenvalue weighted by molar-refractivity contribution is 5.67. The fourth-order valence-corrected chi connectivity index (χ4v) is 2.51. The minimum absolute atomic E-state index is 0.0894. The van der Waals surface area contributed by atoms with Gasteiger partial charge in [0.05, 0.1) is 6.42 Å². The number of hydrogen-bond donors (Lipinski definition) is 2. The second kappa shape index (κ2) is 5.50. The highest BCUT2D eigenvalue weighted by Gasteiger charge is 2.31. The van der Waals surface area contributed by atoms with Gasteiger partial charge in [-0.05, 0) is 31.6 Å². The zero-order valence-electron chi connectivity index (χ0n) is 9.88. The van der Waals surface area contributed by atoms with Gasteiger partial charge in [-0.1, -0.05) is 19.8 Å². The Morgan fingerprint density at radius 3 is 2.53 bits per heavy atom. The maximum atomic E-state index is 10.5. The lowest BCUT2D eigenvalue weighted by Crippen LogP contribution is -2.37. The maximum absolute atomic E-state index is 10.5. The molecule has 0 aliphatic heterocycles. The molecule has 3 nitrogen and oxygen atoms in total. The van der Waals surface area contributed by atoms with Crippen LogP contribution in [0, 0.1) is 5.41 Å². The molecule has 1 saturated carbocycles. The first-order chi connectivity index (χ1) is 7.08. The molecule has 0 spiro atoms. The topological polar surface area (TPSA) is 49.3 Å². The number of aliphatic carboxylic acids is 1. The van der Waals surface area contributed by atoms with Crippen LogP contribution in [0.5, 0.6) is 0 Å². The van der Waals surface area contributed by atoms with Crippen LogP contribution in [0.3, 0.4) is 0 Å². The quantitative estimate of drug-likeness (QED) is 0.712. The Morgan fingerprint density at radius 1 is 1.47 bits per heavy atom. The van der Waals surface area contributed by atoms with Gasteiger partial charge in [0.25, 0.3) is 0 Å². The largest absolute Gasteiger partial charge is 0.481 e. The van der Waals surface area contributed by atoms with Crippen molar-refractivity contribution in [1.82, 2.24) is 5.32 Å². The zero-order chi connectivity index (χ0) is 11.3. The van der Waals surface area contributed by atoms with Gasteiger partial charge in [0.2, 0.25) is 0 Å². The monoisotopic (exact) mass is 213 g/mol. The first kappa shape index (κ1) is 12.5. The van der Waals surface area contributed by atoms with Crippen molar-refractivity contribution < 1.29 is 9.90 Å². The average molecular weight is 213 g/mol. The summed E-state index contributed by atoms with van der Waals surface area (Å²) in [6.45, 7) is 5.18. The molecule has 0 heterocycles. The van der Waals surface area contributed by atoms with Crippen LogP contribution in [0.2, 0.25) is 0 Å². The van der Waals surface area contributed by atoms with Gasteiger partial charge in [0.1, 0.15) is 0 Å². The van der Waals surface area contributed by atoms with Crippen molar-refractivity contribution in [2.24, 2.45) is 5.41 Å². The fourth-order valence-electron chi connectivity index (χ4n) is 2.51. The molecule has 0 bridgehead atoms. The predicted molar refractivity (Wildman–Crippen MR) is 60.9 cm³/mol. The van der Waals surface area contributed by atoms with E-state index >= 15 is 0 Å². The summed E-state index contributed by atoms with van der Waals surface area (Å²) >= 11 is 0. The molecule has 1 rings (SSSR count). The molecular formula is C12H23NO2. The second-order valence-electron chi connectivity index (χ2n) is 4.94. The molecular weight excluding hydrogens is 190 g/mol. The smallest absolute Gasteiger partial charge is 0.304 e. The predicted octanol–water partition coefficient (Wildman–Crippen LogP) is 2.41. The number of carbonyl (C=O) groups is 1. The lowest BCUT2D eigenvalue weighted by atomic mass is 9.83. The second-order valence-corrected chi connectivity index (χ2v) is 4.94. The van der Waals surface area contributed by atoms with Gasteiger partial charge in [0, 0.05) is 12.6 Å². The Kier molecular flexibility index (Phi) is 4.58. The van der Waals surface area contributed by atoms with Gasteiger partial charge in [0.15, 0.2) is 0 Å². The molecule has 88 valence electrons. The summed E-state index contributed by atoms with van der Waals surface area (Å²) in [5.74, 6) is -0.716. The van der Waals surface area contributed by atoms with Crippen LogP contribution in [0.15, 0.2) is 0 Å². The van der Waals surface area contributed by atoms with E-state index in [9.17, 15) is 4.79 Å². The number of carboxylic acid groups (broad SMARTS) is 1. The van der Waals surface area contributed by atoms with E-state index in [1.807, 2.05) is 6.92 Å². The van der Waals surface area contributed by atoms with Gasteiger partial charge in [-0.25, -0.2) is 0 Å². The summed E-state index contributed by atoms with van der Waals surface area (Å²) < 4.78 is 0. The molecule has 1 atom stereocenters. The fraction of sp³-hybridized carbons (Fsp3) is 0.917. The molecule has 15 heavy (non-hydrogen) atoms. The lowest BCUT2D eigenvalue weighted by molar-refractivity contribution is -0.137. The molecule has 1 aliphatic rings. The SMILES string of the molecule is CCC1(CNC(C)CC(=O)O)CCCC1. The van der Waals surface area contributed by atoms with Gasteiger partial charge in [-0.15, -0.1) is 0 Å². The Bertz CT molecular complexity index is 210. The number of carboxylic acids is 1. The average Bonchev–Trinajstić information content (AvgIpc) is 2.63. The first-order valence-corrected chi connectivity index (χ1v) is 6.03. The molecule has 0 saturated heterocycles. The summed E-state index contributed by atoms with van der Waals surface area (Å²) in [5, 5.41) is 12.0. The van der Waals surface area contributed by atoms with Crippen molar-refractivity contribution in [3.63, 3.8) is 0 Å². The van der Waals surface area contributed by atoms with Crippen molar-refractivity contribution in [3.8, 4) is 0 Å². The molecule has 1 aliphatic carbocycles. The van der Waals surface area contributed by atoms with Crippen LogP contribution in [0.25, 0.3) is 0 Å². The molecule has 2 N–H and O–H groups in total. The standard InChI is InChI=1S/C12H23NO2/c1-3-12(6-4-5-7-12)9-13-10(2)8-11(14)15/h10,13H,3-9H2,1-2H3,(H,14,15). The van der Waals surface area contributed by atoms with Gasteiger partial charge in [-0.2, -0.15) is 0 Å². The minimum atomic E-state index is -0.716. The number of nitrogens with one attached hydrogen (secondary N) is 1. The molecule has 3 heteroatoms. The van der Waals surface area contributed by atoms with Gasteiger partial charge in [-0.3, -0.25) is 4.79 Å². The summed E-state index contributed by atoms with van der Waals surface area (Å²) in [7, 11) is 0. The van der Waals surface area contributed by atoms with Crippen LogP contribution in [-0.2, 0) is 4.79 Å². The van der Waals surface area contributed by atoms with E-state index in [0.29, 0.717) is 5.41 Å². The lowest BCUT2D eigenvalue weighted by Gasteiger charge is -2.29. The van der Waals surface area contributed by atoms with Crippen molar-refractivity contribution >= 4 is 5.97 Å². The third-order valence-electron chi connectivity index (χ3n) is 3.72. The molecule has 0 radical (unpaired) electrons. The van der Waals surface area contributed by atoms with E-state index in [-0.39, 0.29) is 12.5 Å². The summed E-state index contributed by atoms with van der Waals surface area (Å²) in [6.07, 6.45) is 6.71. The Hall–Kier alpha value is -0.570. The maximum Gasteiger partial charge on any atom is 0.304 e. The summed E-state index contributed by atoms with van der Waals surface area (Å²) in [5.41, 5.74) is 0.451. The van der Waals surface area contributed by atoms with Crippen molar-refractivity contribution in [2.75, 3.05) is 6.54 Å². The van der Waals surface area contributed by atoms with Crippen LogP contribution >= 0.6 is 0 Å². The summed E-state index contributed by atoms with van der Waals surface area (Å²) in [6, 6.07) is 0.0894. The summed E-state index contributed by atoms with van der Waals surface area (Å²) in [4.78, 5) is 10.5. The van der Waals surface area contributed by atoms with Crippen molar-refractivity contribution in [2.45, 2.75) is 58.4 Å². The van der Waals surface area contributed by atoms with Crippen LogP contribution < -0.4 is 5.32 Å². The van der Waals surface area contributed by atoms with E-state index in [4.69, 9.17) is 5.11 Å². The van der Waals surface area contributed by atoms with Crippen LogP contribution in [-0.4, -0.2) is 23.7 Å². The molecule has 0 aromatic carbocycles. The van der Waals surface area contributed by atoms with Crippen molar-refractivity contribution in [3.05, 3.63) is 0 Å². The number of hydrogen-bond acceptors (Lipinski definition) is 2. The zero-order valence-corrected chi connectivity index (χ0v) is 9.88. The van der Waals surface area contributed by atoms with Crippen LogP contribution in [0.4, 0.5) is 0 Å². The van der Waals surface area contributed by atoms with E-state index < -0.39 is 5.97 Å². The Labute approximate surface area is 92.3 Å². The van der Waals surface area contributed by atoms with E-state index in [1.165, 1.54) is 32.1 Å². The van der Waals surface area contributed by atoms with E-state index in [1.54, 1.807) is 0 Å². The Morgan fingerprint density at radius 2 is 2.07 bits per heavy atom. The first-order valence-electron chi connectivity index (χ1n) is 6.03. The highest BCUT2D eigenvalue weighted by atomic mass is 16.4.